The number of hydrogen-bond donors (Lipinski definition) is 0. The third-order valence-electron chi connectivity index (χ3n) is 2.37. The van der Waals surface area contributed by atoms with Crippen molar-refractivity contribution >= 4 is 17.5 Å². The summed E-state index contributed by atoms with van der Waals surface area (Å²) in [6.07, 6.45) is -0.387. The minimum Gasteiger partial charge on any atom is -0.486 e. The van der Waals surface area contributed by atoms with E-state index < -0.39 is 23.4 Å². The summed E-state index contributed by atoms with van der Waals surface area (Å²) in [5, 5.41) is 0. The fraction of sp³-hybridized carbons (Fsp3) is 0.357. The summed E-state index contributed by atoms with van der Waals surface area (Å²) in [7, 11) is 0. The Morgan fingerprint density at radius 3 is 2.50 bits per heavy atom. The monoisotopic (exact) mass is 282 g/mol. The van der Waals surface area contributed by atoms with Crippen LogP contribution in [0, 0.1) is 5.82 Å². The SMILES string of the molecule is CCOC(=O)CC(=O)COc1ccc(C(C)=O)c(F)c1. The molecule has 0 amide bonds. The Kier molecular flexibility index (Phi) is 5.83. The molecule has 0 spiro atoms. The topological polar surface area (TPSA) is 69.7 Å². The average molecular weight is 282 g/mol. The van der Waals surface area contributed by atoms with Crippen molar-refractivity contribution in [3.05, 3.63) is 29.6 Å². The molecule has 0 aromatic heterocycles. The predicted octanol–water partition coefficient (Wildman–Crippen LogP) is 1.93. The van der Waals surface area contributed by atoms with Crippen LogP contribution in [0.1, 0.15) is 30.6 Å². The number of carbonyl (C=O) groups excluding carboxylic acids is 3. The second-order valence-corrected chi connectivity index (χ2v) is 4.01. The van der Waals surface area contributed by atoms with Gasteiger partial charge in [-0.3, -0.25) is 14.4 Å². The Morgan fingerprint density at radius 1 is 1.25 bits per heavy atom. The number of halogens is 1. The first-order valence-electron chi connectivity index (χ1n) is 6.04. The van der Waals surface area contributed by atoms with E-state index in [1.165, 1.54) is 19.1 Å². The van der Waals surface area contributed by atoms with Gasteiger partial charge in [0.25, 0.3) is 0 Å². The van der Waals surface area contributed by atoms with Gasteiger partial charge in [0.15, 0.2) is 11.6 Å². The molecule has 0 N–H and O–H groups in total. The fourth-order valence-corrected chi connectivity index (χ4v) is 1.46. The molecule has 0 aliphatic rings. The maximum Gasteiger partial charge on any atom is 0.313 e. The van der Waals surface area contributed by atoms with Gasteiger partial charge in [0.2, 0.25) is 0 Å². The third kappa shape index (κ3) is 4.79. The molecule has 1 rings (SSSR count). The quantitative estimate of drug-likeness (QED) is 0.434. The zero-order valence-electron chi connectivity index (χ0n) is 11.3. The van der Waals surface area contributed by atoms with Crippen LogP contribution in [0.25, 0.3) is 0 Å². The highest BCUT2D eigenvalue weighted by Gasteiger charge is 2.12. The van der Waals surface area contributed by atoms with Crippen molar-refractivity contribution in [3.8, 4) is 5.75 Å². The summed E-state index contributed by atoms with van der Waals surface area (Å²) in [6.45, 7) is 2.72. The molecule has 0 aliphatic carbocycles. The van der Waals surface area contributed by atoms with Crippen LogP contribution in [0.15, 0.2) is 18.2 Å². The second kappa shape index (κ2) is 7.37. The number of ketones is 2. The van der Waals surface area contributed by atoms with Gasteiger partial charge < -0.3 is 9.47 Å². The molecular formula is C14H15FO5. The smallest absolute Gasteiger partial charge is 0.313 e. The maximum atomic E-state index is 13.5. The van der Waals surface area contributed by atoms with Crippen LogP contribution in [-0.2, 0) is 14.3 Å². The van der Waals surface area contributed by atoms with Gasteiger partial charge >= 0.3 is 5.97 Å². The minimum atomic E-state index is -0.715. The van der Waals surface area contributed by atoms with E-state index in [-0.39, 0.29) is 30.9 Å². The van der Waals surface area contributed by atoms with Gasteiger partial charge in [-0.2, -0.15) is 0 Å². The van der Waals surface area contributed by atoms with E-state index in [0.717, 1.165) is 6.07 Å². The molecule has 1 aromatic carbocycles. The first-order chi connectivity index (χ1) is 9.43. The van der Waals surface area contributed by atoms with Gasteiger partial charge in [0.1, 0.15) is 24.6 Å². The number of esters is 1. The Morgan fingerprint density at radius 2 is 1.95 bits per heavy atom. The van der Waals surface area contributed by atoms with Crippen molar-refractivity contribution < 1.29 is 28.2 Å². The average Bonchev–Trinajstić information content (AvgIpc) is 2.36. The molecule has 0 atom stereocenters. The lowest BCUT2D eigenvalue weighted by Crippen LogP contribution is -2.17. The number of rotatable bonds is 7. The molecule has 0 fully saturated rings. The Balaban J connectivity index is 2.54. The first kappa shape index (κ1) is 15.8. The lowest BCUT2D eigenvalue weighted by Gasteiger charge is -2.07. The zero-order chi connectivity index (χ0) is 15.1. The number of Topliss-reactive ketones (excluding diaryl/α,β-unsaturated/α-hetero) is 2. The van der Waals surface area contributed by atoms with E-state index in [1.54, 1.807) is 6.92 Å². The van der Waals surface area contributed by atoms with E-state index in [2.05, 4.69) is 4.74 Å². The molecule has 0 aliphatic heterocycles. The largest absolute Gasteiger partial charge is 0.486 e. The molecule has 0 radical (unpaired) electrons. The summed E-state index contributed by atoms with van der Waals surface area (Å²) < 4.78 is 23.1. The van der Waals surface area contributed by atoms with Crippen molar-refractivity contribution in [2.75, 3.05) is 13.2 Å². The molecule has 0 saturated heterocycles. The van der Waals surface area contributed by atoms with Crippen molar-refractivity contribution in [1.82, 2.24) is 0 Å². The van der Waals surface area contributed by atoms with Crippen molar-refractivity contribution in [2.45, 2.75) is 20.3 Å². The lowest BCUT2D eigenvalue weighted by atomic mass is 10.1. The van der Waals surface area contributed by atoms with E-state index in [1.807, 2.05) is 0 Å². The molecule has 0 bridgehead atoms. The predicted molar refractivity (Wildman–Crippen MR) is 68.2 cm³/mol. The van der Waals surface area contributed by atoms with Gasteiger partial charge in [-0.1, -0.05) is 0 Å². The van der Waals surface area contributed by atoms with Crippen LogP contribution in [0.2, 0.25) is 0 Å². The zero-order valence-corrected chi connectivity index (χ0v) is 11.3. The van der Waals surface area contributed by atoms with E-state index in [0.29, 0.717) is 0 Å². The van der Waals surface area contributed by atoms with Crippen molar-refractivity contribution in [3.63, 3.8) is 0 Å². The van der Waals surface area contributed by atoms with Crippen LogP contribution in [-0.4, -0.2) is 30.7 Å². The molecule has 108 valence electrons. The number of benzene rings is 1. The van der Waals surface area contributed by atoms with E-state index in [9.17, 15) is 18.8 Å². The molecule has 0 heterocycles. The Hall–Kier alpha value is -2.24. The summed E-state index contributed by atoms with van der Waals surface area (Å²) in [5.74, 6) is -2.09. The van der Waals surface area contributed by atoms with E-state index in [4.69, 9.17) is 4.74 Å². The molecule has 6 heteroatoms. The summed E-state index contributed by atoms with van der Waals surface area (Å²) in [4.78, 5) is 33.5. The van der Waals surface area contributed by atoms with E-state index >= 15 is 0 Å². The Bertz CT molecular complexity index is 524. The highest BCUT2D eigenvalue weighted by atomic mass is 19.1. The molecule has 1 aromatic rings. The van der Waals surface area contributed by atoms with Crippen LogP contribution >= 0.6 is 0 Å². The fourth-order valence-electron chi connectivity index (χ4n) is 1.46. The van der Waals surface area contributed by atoms with Gasteiger partial charge in [0.05, 0.1) is 12.2 Å². The highest BCUT2D eigenvalue weighted by molar-refractivity contribution is 5.96. The van der Waals surface area contributed by atoms with Crippen LogP contribution in [0.5, 0.6) is 5.75 Å². The van der Waals surface area contributed by atoms with Crippen molar-refractivity contribution in [1.29, 1.82) is 0 Å². The first-order valence-corrected chi connectivity index (χ1v) is 6.04. The highest BCUT2D eigenvalue weighted by Crippen LogP contribution is 2.17. The standard InChI is InChI=1S/C14H15FO5/c1-3-19-14(18)6-10(17)8-20-11-4-5-12(9(2)16)13(15)7-11/h4-5,7H,3,6,8H2,1-2H3. The summed E-state index contributed by atoms with van der Waals surface area (Å²) in [5.41, 5.74) is -0.0461. The molecule has 5 nitrogen and oxygen atoms in total. The molecule has 0 unspecified atom stereocenters. The van der Waals surface area contributed by atoms with Crippen LogP contribution in [0.4, 0.5) is 4.39 Å². The maximum absolute atomic E-state index is 13.5. The lowest BCUT2D eigenvalue weighted by molar-refractivity contribution is -0.145. The summed E-state index contributed by atoms with van der Waals surface area (Å²) in [6, 6.07) is 3.69. The summed E-state index contributed by atoms with van der Waals surface area (Å²) >= 11 is 0. The van der Waals surface area contributed by atoms with Crippen LogP contribution in [0.3, 0.4) is 0 Å². The van der Waals surface area contributed by atoms with Gasteiger partial charge in [-0.05, 0) is 26.0 Å². The minimum absolute atomic E-state index is 0.0461. The molecular weight excluding hydrogens is 267 g/mol. The second-order valence-electron chi connectivity index (χ2n) is 4.01. The normalized spacial score (nSPS) is 9.95. The third-order valence-corrected chi connectivity index (χ3v) is 2.37. The number of hydrogen-bond acceptors (Lipinski definition) is 5. The van der Waals surface area contributed by atoms with Crippen molar-refractivity contribution in [2.24, 2.45) is 0 Å². The van der Waals surface area contributed by atoms with Gasteiger partial charge in [-0.25, -0.2) is 4.39 Å². The van der Waals surface area contributed by atoms with Crippen LogP contribution < -0.4 is 4.74 Å². The molecule has 20 heavy (non-hydrogen) atoms. The molecule has 0 saturated carbocycles. The van der Waals surface area contributed by atoms with Gasteiger partial charge in [-0.15, -0.1) is 0 Å². The Labute approximate surface area is 115 Å². The number of carbonyl (C=O) groups is 3. The number of ether oxygens (including phenoxy) is 2. The van der Waals surface area contributed by atoms with Gasteiger partial charge in [0, 0.05) is 6.07 Å².